The van der Waals surface area contributed by atoms with Gasteiger partial charge in [-0.25, -0.2) is 8.42 Å². The smallest absolute Gasteiger partial charge is 0.243 e. The van der Waals surface area contributed by atoms with Gasteiger partial charge >= 0.3 is 0 Å². The zero-order valence-corrected chi connectivity index (χ0v) is 16.1. The van der Waals surface area contributed by atoms with Crippen molar-refractivity contribution in [1.29, 1.82) is 0 Å². The Kier molecular flexibility index (Phi) is 5.49. The van der Waals surface area contributed by atoms with Crippen molar-refractivity contribution in [3.8, 4) is 0 Å². The summed E-state index contributed by atoms with van der Waals surface area (Å²) in [5.74, 6) is 0. The fourth-order valence-electron chi connectivity index (χ4n) is 3.15. The molecule has 1 aliphatic heterocycles. The number of piperazine rings is 1. The molecule has 0 bridgehead atoms. The van der Waals surface area contributed by atoms with E-state index in [2.05, 4.69) is 4.90 Å². The van der Waals surface area contributed by atoms with Crippen molar-refractivity contribution in [2.75, 3.05) is 26.2 Å². The van der Waals surface area contributed by atoms with Gasteiger partial charge in [0.1, 0.15) is 0 Å². The summed E-state index contributed by atoms with van der Waals surface area (Å²) in [4.78, 5) is 2.69. The van der Waals surface area contributed by atoms with E-state index in [0.29, 0.717) is 18.0 Å². The van der Waals surface area contributed by atoms with Crippen LogP contribution in [0, 0.1) is 13.8 Å². The van der Waals surface area contributed by atoms with E-state index in [1.54, 1.807) is 10.4 Å². The minimum absolute atomic E-state index is 0.427. The number of rotatable bonds is 4. The first-order valence-corrected chi connectivity index (χ1v) is 10.2. The van der Waals surface area contributed by atoms with Crippen molar-refractivity contribution in [2.45, 2.75) is 25.3 Å². The zero-order chi connectivity index (χ0) is 18.0. The van der Waals surface area contributed by atoms with Gasteiger partial charge in [0.15, 0.2) is 0 Å². The second-order valence-corrected chi connectivity index (χ2v) is 8.92. The predicted molar refractivity (Wildman–Crippen MR) is 101 cm³/mol. The molecule has 0 aromatic heterocycles. The monoisotopic (exact) mass is 378 g/mol. The maximum absolute atomic E-state index is 13.0. The first-order valence-electron chi connectivity index (χ1n) is 8.40. The predicted octanol–water partition coefficient (Wildman–Crippen LogP) is 3.46. The molecule has 6 heteroatoms. The number of nitrogens with zero attached hydrogens (tertiary/aromatic N) is 2. The third kappa shape index (κ3) is 4.23. The second-order valence-electron chi connectivity index (χ2n) is 6.58. The van der Waals surface area contributed by atoms with Crippen LogP contribution in [0.25, 0.3) is 0 Å². The van der Waals surface area contributed by atoms with Crippen LogP contribution in [0.5, 0.6) is 0 Å². The average Bonchev–Trinajstić information content (AvgIpc) is 2.57. The summed E-state index contributed by atoms with van der Waals surface area (Å²) < 4.78 is 27.5. The Morgan fingerprint density at radius 2 is 1.72 bits per heavy atom. The standard InChI is InChI=1S/C19H23ClN2O2S/c1-15-6-7-16(2)19(12-15)25(23,24)22-10-8-21(9-11-22)14-17-4-3-5-18(20)13-17/h3-7,12-13H,8-11,14H2,1-2H3. The zero-order valence-electron chi connectivity index (χ0n) is 14.6. The molecule has 4 nitrogen and oxygen atoms in total. The highest BCUT2D eigenvalue weighted by Gasteiger charge is 2.29. The molecule has 0 amide bonds. The lowest BCUT2D eigenvalue weighted by molar-refractivity contribution is 0.181. The Labute approximate surface area is 155 Å². The number of benzene rings is 2. The van der Waals surface area contributed by atoms with E-state index in [-0.39, 0.29) is 0 Å². The molecule has 0 N–H and O–H groups in total. The lowest BCUT2D eigenvalue weighted by Crippen LogP contribution is -2.48. The van der Waals surface area contributed by atoms with Crippen LogP contribution >= 0.6 is 11.6 Å². The maximum atomic E-state index is 13.0. The van der Waals surface area contributed by atoms with E-state index >= 15 is 0 Å². The van der Waals surface area contributed by atoms with Crippen molar-refractivity contribution in [2.24, 2.45) is 0 Å². The van der Waals surface area contributed by atoms with E-state index < -0.39 is 10.0 Å². The topological polar surface area (TPSA) is 40.6 Å². The number of hydrogen-bond acceptors (Lipinski definition) is 3. The minimum atomic E-state index is -3.43. The van der Waals surface area contributed by atoms with Crippen LogP contribution in [0.1, 0.15) is 16.7 Å². The molecule has 0 aliphatic carbocycles. The van der Waals surface area contributed by atoms with Crippen LogP contribution in [0.3, 0.4) is 0 Å². The van der Waals surface area contributed by atoms with Crippen LogP contribution in [-0.4, -0.2) is 43.8 Å². The first-order chi connectivity index (χ1) is 11.9. The van der Waals surface area contributed by atoms with Crippen molar-refractivity contribution >= 4 is 21.6 Å². The Hall–Kier alpha value is -1.40. The summed E-state index contributed by atoms with van der Waals surface area (Å²) in [6, 6.07) is 13.4. The summed E-state index contributed by atoms with van der Waals surface area (Å²) in [5.41, 5.74) is 2.91. The van der Waals surface area contributed by atoms with E-state index in [1.165, 1.54) is 0 Å². The van der Waals surface area contributed by atoms with Gasteiger partial charge in [0.05, 0.1) is 4.90 Å². The highest BCUT2D eigenvalue weighted by molar-refractivity contribution is 7.89. The molecule has 0 atom stereocenters. The van der Waals surface area contributed by atoms with Crippen molar-refractivity contribution in [1.82, 2.24) is 9.21 Å². The van der Waals surface area contributed by atoms with Crippen LogP contribution in [0.4, 0.5) is 0 Å². The SMILES string of the molecule is Cc1ccc(C)c(S(=O)(=O)N2CCN(Cc3cccc(Cl)c3)CC2)c1. The molecule has 25 heavy (non-hydrogen) atoms. The molecule has 0 saturated carbocycles. The fourth-order valence-corrected chi connectivity index (χ4v) is 5.09. The molecule has 0 spiro atoms. The van der Waals surface area contributed by atoms with E-state index in [1.807, 2.05) is 50.2 Å². The van der Waals surface area contributed by atoms with Crippen LogP contribution in [-0.2, 0) is 16.6 Å². The Bertz CT molecular complexity index is 859. The normalized spacial score (nSPS) is 16.9. The summed E-state index contributed by atoms with van der Waals surface area (Å²) >= 11 is 6.03. The molecule has 2 aromatic carbocycles. The van der Waals surface area contributed by atoms with Crippen molar-refractivity contribution < 1.29 is 8.42 Å². The van der Waals surface area contributed by atoms with Gasteiger partial charge < -0.3 is 0 Å². The molecular weight excluding hydrogens is 356 g/mol. The minimum Gasteiger partial charge on any atom is -0.296 e. The quantitative estimate of drug-likeness (QED) is 0.818. The average molecular weight is 379 g/mol. The van der Waals surface area contributed by atoms with Gasteiger partial charge in [-0.2, -0.15) is 4.31 Å². The molecule has 134 valence electrons. The van der Waals surface area contributed by atoms with Crippen LogP contribution < -0.4 is 0 Å². The molecule has 3 rings (SSSR count). The van der Waals surface area contributed by atoms with Gasteiger partial charge in [0.25, 0.3) is 0 Å². The third-order valence-electron chi connectivity index (χ3n) is 4.59. The number of hydrogen-bond donors (Lipinski definition) is 0. The van der Waals surface area contributed by atoms with E-state index in [0.717, 1.165) is 41.3 Å². The van der Waals surface area contributed by atoms with Gasteiger partial charge in [-0.05, 0) is 48.7 Å². The van der Waals surface area contributed by atoms with Crippen molar-refractivity contribution in [3.63, 3.8) is 0 Å². The molecule has 1 heterocycles. The largest absolute Gasteiger partial charge is 0.296 e. The third-order valence-corrected chi connectivity index (χ3v) is 6.86. The van der Waals surface area contributed by atoms with Gasteiger partial charge in [0, 0.05) is 37.7 Å². The fraction of sp³-hybridized carbons (Fsp3) is 0.368. The molecule has 1 aliphatic rings. The number of halogens is 1. The van der Waals surface area contributed by atoms with Gasteiger partial charge in [0.2, 0.25) is 10.0 Å². The van der Waals surface area contributed by atoms with Gasteiger partial charge in [-0.1, -0.05) is 35.9 Å². The Morgan fingerprint density at radius 1 is 1.00 bits per heavy atom. The Morgan fingerprint density at radius 3 is 2.40 bits per heavy atom. The molecular formula is C19H23ClN2O2S. The summed E-state index contributed by atoms with van der Waals surface area (Å²) in [5, 5.41) is 0.730. The summed E-state index contributed by atoms with van der Waals surface area (Å²) in [6.07, 6.45) is 0. The highest BCUT2D eigenvalue weighted by Crippen LogP contribution is 2.23. The number of aryl methyl sites for hydroxylation is 2. The molecule has 0 radical (unpaired) electrons. The molecule has 0 unspecified atom stereocenters. The molecule has 1 fully saturated rings. The molecule has 1 saturated heterocycles. The number of sulfonamides is 1. The highest BCUT2D eigenvalue weighted by atomic mass is 35.5. The Balaban J connectivity index is 1.68. The van der Waals surface area contributed by atoms with E-state index in [4.69, 9.17) is 11.6 Å². The van der Waals surface area contributed by atoms with Gasteiger partial charge in [-0.15, -0.1) is 0 Å². The van der Waals surface area contributed by atoms with Gasteiger partial charge in [-0.3, -0.25) is 4.90 Å². The lowest BCUT2D eigenvalue weighted by atomic mass is 10.2. The summed E-state index contributed by atoms with van der Waals surface area (Å²) in [6.45, 7) is 7.01. The van der Waals surface area contributed by atoms with E-state index in [9.17, 15) is 8.42 Å². The second kappa shape index (κ2) is 7.46. The van der Waals surface area contributed by atoms with Crippen LogP contribution in [0.15, 0.2) is 47.4 Å². The first kappa shape index (κ1) is 18.4. The van der Waals surface area contributed by atoms with Crippen molar-refractivity contribution in [3.05, 3.63) is 64.2 Å². The van der Waals surface area contributed by atoms with Crippen LogP contribution in [0.2, 0.25) is 5.02 Å². The lowest BCUT2D eigenvalue weighted by Gasteiger charge is -2.34. The molecule has 2 aromatic rings. The maximum Gasteiger partial charge on any atom is 0.243 e. The summed E-state index contributed by atoms with van der Waals surface area (Å²) in [7, 11) is -3.43.